The van der Waals surface area contributed by atoms with Gasteiger partial charge in [0.05, 0.1) is 12.1 Å². The third kappa shape index (κ3) is 2.71. The van der Waals surface area contributed by atoms with Crippen LogP contribution in [-0.2, 0) is 6.54 Å². The van der Waals surface area contributed by atoms with Gasteiger partial charge in [-0.05, 0) is 13.0 Å². The molecule has 2 N–H and O–H groups in total. The number of halogens is 1. The number of aromatic hydroxyl groups is 1. The molecule has 1 saturated heterocycles. The first-order valence-electron chi connectivity index (χ1n) is 6.11. The van der Waals surface area contributed by atoms with E-state index in [0.29, 0.717) is 16.3 Å². The molecule has 18 heavy (non-hydrogen) atoms. The van der Waals surface area contributed by atoms with Crippen LogP contribution in [0, 0.1) is 6.92 Å². The second-order valence-electron chi connectivity index (χ2n) is 4.55. The summed E-state index contributed by atoms with van der Waals surface area (Å²) in [6.07, 6.45) is 0. The number of phenolic OH excluding ortho intramolecular Hbond substituents is 1. The molecule has 1 aromatic rings. The number of piperazine rings is 1. The highest BCUT2D eigenvalue weighted by Gasteiger charge is 2.17. The van der Waals surface area contributed by atoms with Crippen LogP contribution in [0.2, 0.25) is 5.02 Å². The van der Waals surface area contributed by atoms with Gasteiger partial charge in [-0.2, -0.15) is 0 Å². The lowest BCUT2D eigenvalue weighted by Gasteiger charge is -2.27. The number of nitrogens with one attached hydrogen (secondary N) is 1. The Labute approximate surface area is 113 Å². The normalized spacial score (nSPS) is 16.8. The number of rotatable bonds is 3. The first-order chi connectivity index (χ1) is 8.63. The Morgan fingerprint density at radius 2 is 2.11 bits per heavy atom. The molecule has 0 radical (unpaired) electrons. The van der Waals surface area contributed by atoms with Crippen molar-refractivity contribution in [3.8, 4) is 11.5 Å². The van der Waals surface area contributed by atoms with Crippen molar-refractivity contribution in [2.45, 2.75) is 13.5 Å². The maximum atomic E-state index is 10.2. The SMILES string of the molecule is COc1c(Cl)cc(CN2CCNCC2)c(O)c1C. The molecule has 100 valence electrons. The summed E-state index contributed by atoms with van der Waals surface area (Å²) in [5, 5.41) is 14.0. The van der Waals surface area contributed by atoms with Gasteiger partial charge in [0.15, 0.2) is 0 Å². The van der Waals surface area contributed by atoms with Crippen molar-refractivity contribution >= 4 is 11.6 Å². The Morgan fingerprint density at radius 3 is 2.72 bits per heavy atom. The fraction of sp³-hybridized carbons (Fsp3) is 0.538. The van der Waals surface area contributed by atoms with Crippen LogP contribution in [0.1, 0.15) is 11.1 Å². The molecule has 1 heterocycles. The third-order valence-electron chi connectivity index (χ3n) is 3.33. The molecule has 0 atom stereocenters. The molecule has 0 bridgehead atoms. The zero-order valence-electron chi connectivity index (χ0n) is 10.8. The van der Waals surface area contributed by atoms with Gasteiger partial charge in [0.1, 0.15) is 11.5 Å². The molecule has 0 aromatic heterocycles. The van der Waals surface area contributed by atoms with Gasteiger partial charge >= 0.3 is 0 Å². The highest BCUT2D eigenvalue weighted by Crippen LogP contribution is 2.37. The Bertz CT molecular complexity index is 431. The second-order valence-corrected chi connectivity index (χ2v) is 4.96. The maximum Gasteiger partial charge on any atom is 0.144 e. The highest BCUT2D eigenvalue weighted by atomic mass is 35.5. The fourth-order valence-corrected chi connectivity index (χ4v) is 2.65. The quantitative estimate of drug-likeness (QED) is 0.879. The summed E-state index contributed by atoms with van der Waals surface area (Å²) in [7, 11) is 1.56. The molecule has 1 aliphatic heterocycles. The molecule has 0 aliphatic carbocycles. The van der Waals surface area contributed by atoms with E-state index in [0.717, 1.165) is 38.3 Å². The average molecular weight is 271 g/mol. The van der Waals surface area contributed by atoms with E-state index in [2.05, 4.69) is 10.2 Å². The highest BCUT2D eigenvalue weighted by molar-refractivity contribution is 6.32. The van der Waals surface area contributed by atoms with E-state index in [-0.39, 0.29) is 5.75 Å². The van der Waals surface area contributed by atoms with E-state index >= 15 is 0 Å². The van der Waals surface area contributed by atoms with E-state index in [1.54, 1.807) is 13.2 Å². The first kappa shape index (κ1) is 13.5. The van der Waals surface area contributed by atoms with Crippen molar-refractivity contribution < 1.29 is 9.84 Å². The van der Waals surface area contributed by atoms with Gasteiger partial charge in [0.2, 0.25) is 0 Å². The van der Waals surface area contributed by atoms with Crippen molar-refractivity contribution in [3.63, 3.8) is 0 Å². The maximum absolute atomic E-state index is 10.2. The zero-order chi connectivity index (χ0) is 13.1. The lowest BCUT2D eigenvalue weighted by Crippen LogP contribution is -2.42. The Hall–Kier alpha value is -0.970. The number of hydrogen-bond donors (Lipinski definition) is 2. The van der Waals surface area contributed by atoms with Crippen LogP contribution in [0.4, 0.5) is 0 Å². The number of nitrogens with zero attached hydrogens (tertiary/aromatic N) is 1. The molecule has 4 nitrogen and oxygen atoms in total. The van der Waals surface area contributed by atoms with Crippen molar-refractivity contribution in [3.05, 3.63) is 22.2 Å². The topological polar surface area (TPSA) is 44.7 Å². The van der Waals surface area contributed by atoms with Gasteiger partial charge in [0, 0.05) is 43.9 Å². The van der Waals surface area contributed by atoms with Crippen molar-refractivity contribution in [2.75, 3.05) is 33.3 Å². The molecule has 5 heteroatoms. The molecular weight excluding hydrogens is 252 g/mol. The van der Waals surface area contributed by atoms with Crippen molar-refractivity contribution in [2.24, 2.45) is 0 Å². The smallest absolute Gasteiger partial charge is 0.144 e. The summed E-state index contributed by atoms with van der Waals surface area (Å²) in [6.45, 7) is 6.50. The zero-order valence-corrected chi connectivity index (χ0v) is 11.5. The van der Waals surface area contributed by atoms with Gasteiger partial charge in [-0.15, -0.1) is 0 Å². The minimum atomic E-state index is 0.287. The van der Waals surface area contributed by atoms with Crippen LogP contribution < -0.4 is 10.1 Å². The first-order valence-corrected chi connectivity index (χ1v) is 6.49. The molecule has 0 spiro atoms. The van der Waals surface area contributed by atoms with E-state index in [4.69, 9.17) is 16.3 Å². The predicted molar refractivity (Wildman–Crippen MR) is 72.6 cm³/mol. The molecular formula is C13H19ClN2O2. The molecule has 0 unspecified atom stereocenters. The number of phenols is 1. The summed E-state index contributed by atoms with van der Waals surface area (Å²) >= 11 is 6.16. The summed E-state index contributed by atoms with van der Waals surface area (Å²) in [5.74, 6) is 0.841. The van der Waals surface area contributed by atoms with Gasteiger partial charge in [0.25, 0.3) is 0 Å². The Morgan fingerprint density at radius 1 is 1.44 bits per heavy atom. The van der Waals surface area contributed by atoms with Crippen LogP contribution in [0.3, 0.4) is 0 Å². The van der Waals surface area contributed by atoms with Gasteiger partial charge in [-0.3, -0.25) is 4.90 Å². The standard InChI is InChI=1S/C13H19ClN2O2/c1-9-12(17)10(7-11(14)13(9)18-2)8-16-5-3-15-4-6-16/h7,15,17H,3-6,8H2,1-2H3. The molecule has 2 rings (SSSR count). The van der Waals surface area contributed by atoms with E-state index in [9.17, 15) is 5.11 Å². The van der Waals surface area contributed by atoms with E-state index < -0.39 is 0 Å². The van der Waals surface area contributed by atoms with Crippen LogP contribution in [0.5, 0.6) is 11.5 Å². The van der Waals surface area contributed by atoms with E-state index in [1.165, 1.54) is 0 Å². The van der Waals surface area contributed by atoms with Crippen molar-refractivity contribution in [1.82, 2.24) is 10.2 Å². The van der Waals surface area contributed by atoms with Crippen LogP contribution >= 0.6 is 11.6 Å². The Kier molecular flexibility index (Phi) is 4.32. The summed E-state index contributed by atoms with van der Waals surface area (Å²) in [6, 6.07) is 1.80. The fourth-order valence-electron chi connectivity index (χ4n) is 2.30. The number of methoxy groups -OCH3 is 1. The average Bonchev–Trinajstić information content (AvgIpc) is 2.37. The van der Waals surface area contributed by atoms with Crippen LogP contribution in [0.25, 0.3) is 0 Å². The molecule has 1 aromatic carbocycles. The lowest BCUT2D eigenvalue weighted by atomic mass is 10.1. The van der Waals surface area contributed by atoms with Gasteiger partial charge in [-0.1, -0.05) is 11.6 Å². The number of hydrogen-bond acceptors (Lipinski definition) is 4. The van der Waals surface area contributed by atoms with Crippen molar-refractivity contribution in [1.29, 1.82) is 0 Å². The second kappa shape index (κ2) is 5.78. The molecule has 0 saturated carbocycles. The van der Waals surface area contributed by atoms with Gasteiger partial charge in [-0.25, -0.2) is 0 Å². The molecule has 1 aliphatic rings. The predicted octanol–water partition coefficient (Wildman–Crippen LogP) is 1.77. The monoisotopic (exact) mass is 270 g/mol. The minimum absolute atomic E-state index is 0.287. The lowest BCUT2D eigenvalue weighted by molar-refractivity contribution is 0.230. The van der Waals surface area contributed by atoms with Crippen LogP contribution in [0.15, 0.2) is 6.07 Å². The van der Waals surface area contributed by atoms with E-state index in [1.807, 2.05) is 6.92 Å². The van der Waals surface area contributed by atoms with Crippen LogP contribution in [-0.4, -0.2) is 43.3 Å². The largest absolute Gasteiger partial charge is 0.507 e. The van der Waals surface area contributed by atoms with Gasteiger partial charge < -0.3 is 15.2 Å². The summed E-state index contributed by atoms with van der Waals surface area (Å²) < 4.78 is 5.19. The number of benzene rings is 1. The third-order valence-corrected chi connectivity index (χ3v) is 3.61. The molecule has 1 fully saturated rings. The number of ether oxygens (including phenoxy) is 1. The summed E-state index contributed by atoms with van der Waals surface area (Å²) in [5.41, 5.74) is 1.57. The Balaban J connectivity index is 2.22. The molecule has 0 amide bonds. The summed E-state index contributed by atoms with van der Waals surface area (Å²) in [4.78, 5) is 2.30. The minimum Gasteiger partial charge on any atom is -0.507 e.